The summed E-state index contributed by atoms with van der Waals surface area (Å²) in [6.45, 7) is 0. The van der Waals surface area contributed by atoms with E-state index in [1.165, 1.54) is 14.2 Å². The van der Waals surface area contributed by atoms with Gasteiger partial charge < -0.3 is 9.47 Å². The first-order valence-electron chi connectivity index (χ1n) is 9.15. The van der Waals surface area contributed by atoms with Crippen molar-refractivity contribution in [1.29, 1.82) is 0 Å². The highest BCUT2D eigenvalue weighted by Crippen LogP contribution is 2.47. The minimum atomic E-state index is -0.388. The lowest BCUT2D eigenvalue weighted by molar-refractivity contribution is 0.0594. The molecular formula is C24H14Br2O4. The van der Waals surface area contributed by atoms with Crippen molar-refractivity contribution in [2.24, 2.45) is 0 Å². The number of hydrogen-bond acceptors (Lipinski definition) is 4. The number of carbonyl (C=O) groups is 2. The molecule has 5 aromatic rings. The molecule has 148 valence electrons. The van der Waals surface area contributed by atoms with Crippen LogP contribution in [0.2, 0.25) is 0 Å². The first-order chi connectivity index (χ1) is 14.5. The molecule has 0 aliphatic heterocycles. The normalized spacial score (nSPS) is 11.6. The maximum Gasteiger partial charge on any atom is 0.338 e. The van der Waals surface area contributed by atoms with E-state index in [4.69, 9.17) is 9.47 Å². The number of fused-ring (bicyclic) bond motifs is 2. The van der Waals surface area contributed by atoms with Crippen LogP contribution < -0.4 is 0 Å². The van der Waals surface area contributed by atoms with Gasteiger partial charge in [-0.2, -0.15) is 0 Å². The van der Waals surface area contributed by atoms with Crippen molar-refractivity contribution in [2.45, 2.75) is 0 Å². The van der Waals surface area contributed by atoms with Crippen molar-refractivity contribution >= 4 is 86.9 Å². The van der Waals surface area contributed by atoms with Gasteiger partial charge in [0.1, 0.15) is 0 Å². The lowest BCUT2D eigenvalue weighted by Gasteiger charge is -2.19. The Morgan fingerprint density at radius 3 is 1.93 bits per heavy atom. The number of halogens is 2. The van der Waals surface area contributed by atoms with E-state index in [1.807, 2.05) is 36.4 Å². The molecular weight excluding hydrogens is 512 g/mol. The Hall–Kier alpha value is -2.70. The number of benzene rings is 5. The van der Waals surface area contributed by atoms with E-state index in [0.29, 0.717) is 11.1 Å². The summed E-state index contributed by atoms with van der Waals surface area (Å²) in [5.41, 5.74) is 1.02. The summed E-state index contributed by atoms with van der Waals surface area (Å²) < 4.78 is 11.7. The van der Waals surface area contributed by atoms with E-state index >= 15 is 0 Å². The molecule has 0 saturated carbocycles. The monoisotopic (exact) mass is 524 g/mol. The first-order valence-corrected chi connectivity index (χ1v) is 10.7. The predicted octanol–water partition coefficient (Wildman–Crippen LogP) is 6.84. The number of hydrogen-bond donors (Lipinski definition) is 0. The zero-order valence-corrected chi connectivity index (χ0v) is 19.2. The highest BCUT2D eigenvalue weighted by Gasteiger charge is 2.23. The van der Waals surface area contributed by atoms with Gasteiger partial charge in [-0.1, -0.05) is 62.2 Å². The van der Waals surface area contributed by atoms with E-state index in [9.17, 15) is 9.59 Å². The number of ether oxygens (including phenoxy) is 2. The summed E-state index contributed by atoms with van der Waals surface area (Å²) in [4.78, 5) is 24.9. The fraction of sp³-hybridized carbons (Fsp3) is 0.0833. The van der Waals surface area contributed by atoms with Gasteiger partial charge in [0.05, 0.1) is 25.3 Å². The van der Waals surface area contributed by atoms with Crippen LogP contribution in [0.15, 0.2) is 57.5 Å². The molecule has 0 aliphatic carbocycles. The largest absolute Gasteiger partial charge is 0.465 e. The molecule has 0 unspecified atom stereocenters. The topological polar surface area (TPSA) is 52.6 Å². The number of methoxy groups -OCH3 is 2. The van der Waals surface area contributed by atoms with E-state index in [-0.39, 0.29) is 11.9 Å². The van der Waals surface area contributed by atoms with Crippen LogP contribution in [0.3, 0.4) is 0 Å². The lowest BCUT2D eigenvalue weighted by Crippen LogP contribution is -2.04. The van der Waals surface area contributed by atoms with Crippen molar-refractivity contribution in [3.63, 3.8) is 0 Å². The van der Waals surface area contributed by atoms with Crippen molar-refractivity contribution in [1.82, 2.24) is 0 Å². The van der Waals surface area contributed by atoms with Gasteiger partial charge in [0.2, 0.25) is 0 Å². The molecule has 30 heavy (non-hydrogen) atoms. The molecule has 0 saturated heterocycles. The third-order valence-corrected chi connectivity index (χ3v) is 6.88. The molecule has 0 spiro atoms. The third kappa shape index (κ3) is 2.50. The second-order valence-electron chi connectivity index (χ2n) is 7.00. The summed E-state index contributed by atoms with van der Waals surface area (Å²) in [6.07, 6.45) is 0. The van der Waals surface area contributed by atoms with Gasteiger partial charge in [-0.25, -0.2) is 9.59 Å². The zero-order chi connectivity index (χ0) is 21.2. The van der Waals surface area contributed by atoms with E-state index in [0.717, 1.165) is 52.0 Å². The third-order valence-electron chi connectivity index (χ3n) is 5.59. The first kappa shape index (κ1) is 19.3. The second-order valence-corrected chi connectivity index (χ2v) is 8.71. The molecule has 5 aromatic carbocycles. The van der Waals surface area contributed by atoms with Crippen molar-refractivity contribution in [3.05, 3.63) is 68.6 Å². The smallest absolute Gasteiger partial charge is 0.338 e. The van der Waals surface area contributed by atoms with Gasteiger partial charge >= 0.3 is 11.9 Å². The van der Waals surface area contributed by atoms with E-state index in [2.05, 4.69) is 31.9 Å². The van der Waals surface area contributed by atoms with Gasteiger partial charge in [0, 0.05) is 25.1 Å². The molecule has 5 rings (SSSR count). The molecule has 0 aromatic heterocycles. The van der Waals surface area contributed by atoms with E-state index in [1.54, 1.807) is 12.1 Å². The van der Waals surface area contributed by atoms with Crippen LogP contribution in [-0.4, -0.2) is 26.2 Å². The molecule has 0 aliphatic rings. The molecule has 0 bridgehead atoms. The van der Waals surface area contributed by atoms with Crippen LogP contribution in [0, 0.1) is 0 Å². The molecule has 0 heterocycles. The summed E-state index contributed by atoms with van der Waals surface area (Å²) in [5.74, 6) is -0.762. The van der Waals surface area contributed by atoms with Crippen LogP contribution in [-0.2, 0) is 9.47 Å². The summed E-state index contributed by atoms with van der Waals surface area (Å²) >= 11 is 7.39. The average molecular weight is 526 g/mol. The Balaban J connectivity index is 2.13. The van der Waals surface area contributed by atoms with E-state index < -0.39 is 0 Å². The maximum absolute atomic E-state index is 12.5. The minimum Gasteiger partial charge on any atom is -0.465 e. The minimum absolute atomic E-state index is 0.373. The molecule has 0 atom stereocenters. The SMILES string of the molecule is COC(=O)c1ccc2c3c(Br)ccc4c(C(=O)OC)cc(Br)c(c5cccc1c25)c43. The number of esters is 2. The molecule has 0 fully saturated rings. The van der Waals surface area contributed by atoms with Crippen molar-refractivity contribution in [3.8, 4) is 0 Å². The Kier molecular flexibility index (Phi) is 4.45. The number of carbonyl (C=O) groups excluding carboxylic acids is 2. The van der Waals surface area contributed by atoms with Crippen molar-refractivity contribution < 1.29 is 19.1 Å². The van der Waals surface area contributed by atoms with Crippen LogP contribution in [0.5, 0.6) is 0 Å². The molecule has 6 heteroatoms. The van der Waals surface area contributed by atoms with Gasteiger partial charge in [-0.05, 0) is 45.1 Å². The molecule has 4 nitrogen and oxygen atoms in total. The zero-order valence-electron chi connectivity index (χ0n) is 16.0. The average Bonchev–Trinajstić information content (AvgIpc) is 2.77. The van der Waals surface area contributed by atoms with Crippen LogP contribution in [0.4, 0.5) is 0 Å². The fourth-order valence-corrected chi connectivity index (χ4v) is 5.56. The highest BCUT2D eigenvalue weighted by molar-refractivity contribution is 9.11. The number of rotatable bonds is 2. The van der Waals surface area contributed by atoms with Crippen LogP contribution in [0.1, 0.15) is 20.7 Å². The Labute approximate surface area is 188 Å². The Bertz CT molecular complexity index is 1500. The molecule has 0 amide bonds. The standard InChI is InChI=1S/C24H14Br2O4/c1-29-23(27)13-6-7-15-19-11(13)4-3-5-14(19)21-18(26)10-16(24(28)30-2)12-8-9-17(25)20(15)22(12)21/h3-10H,1-2H3. The van der Waals surface area contributed by atoms with Crippen LogP contribution in [0.25, 0.3) is 43.1 Å². The maximum atomic E-state index is 12.5. The van der Waals surface area contributed by atoms with Crippen LogP contribution >= 0.6 is 31.9 Å². The van der Waals surface area contributed by atoms with Gasteiger partial charge in [0.15, 0.2) is 0 Å². The summed E-state index contributed by atoms with van der Waals surface area (Å²) in [7, 11) is 2.77. The summed E-state index contributed by atoms with van der Waals surface area (Å²) in [6, 6.07) is 15.3. The van der Waals surface area contributed by atoms with Gasteiger partial charge in [-0.3, -0.25) is 0 Å². The Morgan fingerprint density at radius 1 is 0.633 bits per heavy atom. The molecule has 0 N–H and O–H groups in total. The quantitative estimate of drug-likeness (QED) is 0.144. The fourth-order valence-electron chi connectivity index (χ4n) is 4.37. The van der Waals surface area contributed by atoms with Gasteiger partial charge in [0.25, 0.3) is 0 Å². The molecule has 0 radical (unpaired) electrons. The highest BCUT2D eigenvalue weighted by atomic mass is 79.9. The predicted molar refractivity (Wildman–Crippen MR) is 126 cm³/mol. The second kappa shape index (κ2) is 6.93. The summed E-state index contributed by atoms with van der Waals surface area (Å²) in [5, 5.41) is 7.54. The lowest BCUT2D eigenvalue weighted by atomic mass is 9.87. The Morgan fingerprint density at radius 2 is 1.20 bits per heavy atom. The van der Waals surface area contributed by atoms with Crippen molar-refractivity contribution in [2.75, 3.05) is 14.2 Å². The van der Waals surface area contributed by atoms with Gasteiger partial charge in [-0.15, -0.1) is 0 Å².